The van der Waals surface area contributed by atoms with Crippen molar-refractivity contribution in [3.8, 4) is 11.4 Å². The minimum atomic E-state index is 0.0785. The van der Waals surface area contributed by atoms with E-state index in [1.54, 1.807) is 18.2 Å². The standard InChI is InChI=1S/C12H11BrCl2N2O/c1-2-3-9(13)12-16-11(17-18-12)8-5-4-7(14)6-10(8)15/h4-6,9H,2-3H2,1H3. The average Bonchev–Trinajstić information content (AvgIpc) is 2.78. The highest BCUT2D eigenvalue weighted by Crippen LogP contribution is 2.31. The molecule has 0 amide bonds. The highest BCUT2D eigenvalue weighted by atomic mass is 79.9. The second-order valence-electron chi connectivity index (χ2n) is 3.84. The molecule has 2 aromatic rings. The quantitative estimate of drug-likeness (QED) is 0.705. The van der Waals surface area contributed by atoms with Gasteiger partial charge in [-0.1, -0.05) is 57.6 Å². The van der Waals surface area contributed by atoms with Crippen molar-refractivity contribution in [3.05, 3.63) is 34.1 Å². The minimum Gasteiger partial charge on any atom is -0.338 e. The molecular weight excluding hydrogens is 339 g/mol. The number of alkyl halides is 1. The Morgan fingerprint density at radius 1 is 1.39 bits per heavy atom. The van der Waals surface area contributed by atoms with Crippen molar-refractivity contribution in [3.63, 3.8) is 0 Å². The molecule has 0 fully saturated rings. The molecule has 0 aliphatic rings. The van der Waals surface area contributed by atoms with E-state index in [-0.39, 0.29) is 4.83 Å². The predicted octanol–water partition coefficient (Wildman–Crippen LogP) is 5.28. The van der Waals surface area contributed by atoms with Crippen LogP contribution in [0.15, 0.2) is 22.7 Å². The van der Waals surface area contributed by atoms with Crippen LogP contribution >= 0.6 is 39.1 Å². The summed E-state index contributed by atoms with van der Waals surface area (Å²) in [5.41, 5.74) is 0.715. The molecule has 2 rings (SSSR count). The Labute approximate surface area is 124 Å². The first-order chi connectivity index (χ1) is 8.61. The van der Waals surface area contributed by atoms with Gasteiger partial charge in [-0.05, 0) is 24.6 Å². The van der Waals surface area contributed by atoms with E-state index in [9.17, 15) is 0 Å². The molecule has 1 aromatic heterocycles. The third kappa shape index (κ3) is 3.05. The van der Waals surface area contributed by atoms with E-state index in [2.05, 4.69) is 33.0 Å². The van der Waals surface area contributed by atoms with E-state index < -0.39 is 0 Å². The van der Waals surface area contributed by atoms with Crippen LogP contribution in [0.4, 0.5) is 0 Å². The Hall–Kier alpha value is -0.580. The van der Waals surface area contributed by atoms with Crippen LogP contribution in [0.25, 0.3) is 11.4 Å². The smallest absolute Gasteiger partial charge is 0.240 e. The Kier molecular flexibility index (Phi) is 4.65. The SMILES string of the molecule is CCCC(Br)c1nc(-c2ccc(Cl)cc2Cl)no1. The van der Waals surface area contributed by atoms with E-state index in [1.807, 2.05) is 0 Å². The normalized spacial score (nSPS) is 12.7. The van der Waals surface area contributed by atoms with Crippen molar-refractivity contribution in [1.82, 2.24) is 10.1 Å². The van der Waals surface area contributed by atoms with Gasteiger partial charge in [-0.25, -0.2) is 0 Å². The molecule has 0 N–H and O–H groups in total. The number of nitrogens with zero attached hydrogens (tertiary/aromatic N) is 2. The van der Waals surface area contributed by atoms with Crippen LogP contribution in [0.2, 0.25) is 10.0 Å². The molecule has 0 spiro atoms. The largest absolute Gasteiger partial charge is 0.338 e. The number of rotatable bonds is 4. The molecule has 96 valence electrons. The molecule has 6 heteroatoms. The maximum Gasteiger partial charge on any atom is 0.240 e. The topological polar surface area (TPSA) is 38.9 Å². The summed E-state index contributed by atoms with van der Waals surface area (Å²) in [4.78, 5) is 4.42. The van der Waals surface area contributed by atoms with Gasteiger partial charge in [0.25, 0.3) is 0 Å². The molecular formula is C12H11BrCl2N2O. The molecule has 1 aromatic carbocycles. The highest BCUT2D eigenvalue weighted by Gasteiger charge is 2.17. The minimum absolute atomic E-state index is 0.0785. The van der Waals surface area contributed by atoms with Crippen LogP contribution < -0.4 is 0 Å². The van der Waals surface area contributed by atoms with Crippen LogP contribution in [0.1, 0.15) is 30.5 Å². The van der Waals surface area contributed by atoms with Gasteiger partial charge in [-0.3, -0.25) is 0 Å². The van der Waals surface area contributed by atoms with Crippen LogP contribution in [-0.4, -0.2) is 10.1 Å². The maximum atomic E-state index is 6.10. The molecule has 0 bridgehead atoms. The fourth-order valence-corrected chi connectivity index (χ4v) is 2.66. The summed E-state index contributed by atoms with van der Waals surface area (Å²) in [7, 11) is 0. The van der Waals surface area contributed by atoms with Gasteiger partial charge >= 0.3 is 0 Å². The van der Waals surface area contributed by atoms with Crippen molar-refractivity contribution >= 4 is 39.1 Å². The van der Waals surface area contributed by atoms with Crippen molar-refractivity contribution in [2.45, 2.75) is 24.6 Å². The number of halogens is 3. The summed E-state index contributed by atoms with van der Waals surface area (Å²) >= 11 is 15.5. The fraction of sp³-hybridized carbons (Fsp3) is 0.333. The zero-order valence-corrected chi connectivity index (χ0v) is 12.8. The predicted molar refractivity (Wildman–Crippen MR) is 76.3 cm³/mol. The zero-order chi connectivity index (χ0) is 13.1. The lowest BCUT2D eigenvalue weighted by Crippen LogP contribution is -1.89. The Bertz CT molecular complexity index is 545. The molecule has 0 aliphatic heterocycles. The second kappa shape index (κ2) is 6.04. The van der Waals surface area contributed by atoms with E-state index >= 15 is 0 Å². The molecule has 0 radical (unpaired) electrons. The van der Waals surface area contributed by atoms with Gasteiger partial charge in [-0.2, -0.15) is 4.98 Å². The van der Waals surface area contributed by atoms with Crippen LogP contribution in [0.5, 0.6) is 0 Å². The van der Waals surface area contributed by atoms with Crippen molar-refractivity contribution in [1.29, 1.82) is 0 Å². The highest BCUT2D eigenvalue weighted by molar-refractivity contribution is 9.09. The summed E-state index contributed by atoms with van der Waals surface area (Å²) in [6.07, 6.45) is 1.98. The summed E-state index contributed by atoms with van der Waals surface area (Å²) in [5, 5.41) is 5.03. The molecule has 1 unspecified atom stereocenters. The van der Waals surface area contributed by atoms with E-state index in [1.165, 1.54) is 0 Å². The zero-order valence-electron chi connectivity index (χ0n) is 9.66. The Balaban J connectivity index is 2.29. The summed E-state index contributed by atoms with van der Waals surface area (Å²) in [6, 6.07) is 5.19. The van der Waals surface area contributed by atoms with Gasteiger partial charge in [-0.15, -0.1) is 0 Å². The first kappa shape index (κ1) is 13.8. The first-order valence-corrected chi connectivity index (χ1v) is 7.22. The lowest BCUT2D eigenvalue weighted by Gasteiger charge is -2.00. The third-order valence-corrected chi connectivity index (χ3v) is 3.82. The first-order valence-electron chi connectivity index (χ1n) is 5.55. The molecule has 0 saturated heterocycles. The molecule has 1 heterocycles. The van der Waals surface area contributed by atoms with Gasteiger partial charge in [0, 0.05) is 10.6 Å². The number of benzene rings is 1. The van der Waals surface area contributed by atoms with Gasteiger partial charge < -0.3 is 4.52 Å². The molecule has 18 heavy (non-hydrogen) atoms. The van der Waals surface area contributed by atoms with Crippen LogP contribution in [0, 0.1) is 0 Å². The third-order valence-electron chi connectivity index (χ3n) is 2.42. The van der Waals surface area contributed by atoms with Crippen molar-refractivity contribution in [2.24, 2.45) is 0 Å². The fourth-order valence-electron chi connectivity index (χ4n) is 1.52. The van der Waals surface area contributed by atoms with E-state index in [4.69, 9.17) is 27.7 Å². The Morgan fingerprint density at radius 2 is 2.17 bits per heavy atom. The van der Waals surface area contributed by atoms with Crippen molar-refractivity contribution in [2.75, 3.05) is 0 Å². The average molecular weight is 350 g/mol. The van der Waals surface area contributed by atoms with E-state index in [0.29, 0.717) is 27.3 Å². The van der Waals surface area contributed by atoms with E-state index in [0.717, 1.165) is 12.8 Å². The summed E-state index contributed by atoms with van der Waals surface area (Å²) in [5.74, 6) is 1.05. The molecule has 0 aliphatic carbocycles. The lowest BCUT2D eigenvalue weighted by atomic mass is 10.2. The monoisotopic (exact) mass is 348 g/mol. The second-order valence-corrected chi connectivity index (χ2v) is 5.79. The molecule has 3 nitrogen and oxygen atoms in total. The lowest BCUT2D eigenvalue weighted by molar-refractivity contribution is 0.374. The van der Waals surface area contributed by atoms with Gasteiger partial charge in [0.05, 0.1) is 9.85 Å². The van der Waals surface area contributed by atoms with Crippen molar-refractivity contribution < 1.29 is 4.52 Å². The summed E-state index contributed by atoms with van der Waals surface area (Å²) < 4.78 is 5.22. The number of hydrogen-bond acceptors (Lipinski definition) is 3. The van der Waals surface area contributed by atoms with Gasteiger partial charge in [0.15, 0.2) is 0 Å². The molecule has 0 saturated carbocycles. The maximum absolute atomic E-state index is 6.10. The van der Waals surface area contributed by atoms with Gasteiger partial charge in [0.2, 0.25) is 11.7 Å². The Morgan fingerprint density at radius 3 is 2.83 bits per heavy atom. The van der Waals surface area contributed by atoms with Crippen LogP contribution in [-0.2, 0) is 0 Å². The van der Waals surface area contributed by atoms with Crippen LogP contribution in [0.3, 0.4) is 0 Å². The van der Waals surface area contributed by atoms with Gasteiger partial charge in [0.1, 0.15) is 0 Å². The molecule has 1 atom stereocenters. The number of hydrogen-bond donors (Lipinski definition) is 0. The number of aromatic nitrogens is 2. The summed E-state index contributed by atoms with van der Waals surface area (Å²) in [6.45, 7) is 2.10.